The number of hydrogen-bond donors (Lipinski definition) is 2. The molecule has 0 bridgehead atoms. The standard InChI is InChI=1S/C20H26FNO3/c21-17-6-4-5-16(12-17)20(9-2-1-3-10-20)13-22-18(23)14-7-8-15(11-14)19(24)25/h4-6,12,14-15H,1-3,7-11,13H2,(H,22,23)(H,24,25)/t14-,15+/m0/s1. The van der Waals surface area contributed by atoms with Crippen LogP contribution in [0.25, 0.3) is 0 Å². The van der Waals surface area contributed by atoms with Gasteiger partial charge in [0.15, 0.2) is 0 Å². The summed E-state index contributed by atoms with van der Waals surface area (Å²) >= 11 is 0. The zero-order valence-corrected chi connectivity index (χ0v) is 14.5. The van der Waals surface area contributed by atoms with Crippen molar-refractivity contribution in [1.29, 1.82) is 0 Å². The molecule has 3 rings (SSSR count). The fourth-order valence-corrected chi connectivity index (χ4v) is 4.46. The first-order valence-corrected chi connectivity index (χ1v) is 9.27. The van der Waals surface area contributed by atoms with Crippen LogP contribution in [-0.2, 0) is 15.0 Å². The average molecular weight is 347 g/mol. The summed E-state index contributed by atoms with van der Waals surface area (Å²) in [5.74, 6) is -1.71. The van der Waals surface area contributed by atoms with Gasteiger partial charge in [-0.1, -0.05) is 31.4 Å². The maximum atomic E-state index is 13.7. The third-order valence-corrected chi connectivity index (χ3v) is 6.00. The van der Waals surface area contributed by atoms with Gasteiger partial charge in [-0.05, 0) is 49.8 Å². The van der Waals surface area contributed by atoms with Crippen molar-refractivity contribution in [2.45, 2.75) is 56.8 Å². The third kappa shape index (κ3) is 4.02. The molecule has 25 heavy (non-hydrogen) atoms. The number of halogens is 1. The summed E-state index contributed by atoms with van der Waals surface area (Å²) in [6.07, 6.45) is 6.85. The lowest BCUT2D eigenvalue weighted by molar-refractivity contribution is -0.141. The molecule has 2 aliphatic carbocycles. The smallest absolute Gasteiger partial charge is 0.306 e. The molecule has 0 aromatic heterocycles. The van der Waals surface area contributed by atoms with Crippen LogP contribution in [0.4, 0.5) is 4.39 Å². The molecule has 2 aliphatic rings. The number of carbonyl (C=O) groups is 2. The van der Waals surface area contributed by atoms with Crippen LogP contribution in [0.5, 0.6) is 0 Å². The first-order chi connectivity index (χ1) is 12.0. The number of amides is 1. The molecular weight excluding hydrogens is 321 g/mol. The molecule has 4 nitrogen and oxygen atoms in total. The van der Waals surface area contributed by atoms with Crippen LogP contribution in [0.15, 0.2) is 24.3 Å². The van der Waals surface area contributed by atoms with E-state index >= 15 is 0 Å². The molecule has 5 heteroatoms. The van der Waals surface area contributed by atoms with Crippen molar-refractivity contribution in [1.82, 2.24) is 5.32 Å². The van der Waals surface area contributed by atoms with E-state index in [1.807, 2.05) is 6.07 Å². The molecule has 0 saturated heterocycles. The number of rotatable bonds is 5. The van der Waals surface area contributed by atoms with Gasteiger partial charge in [0, 0.05) is 17.9 Å². The fraction of sp³-hybridized carbons (Fsp3) is 0.600. The molecule has 0 heterocycles. The normalized spacial score (nSPS) is 25.5. The quantitative estimate of drug-likeness (QED) is 0.854. The maximum Gasteiger partial charge on any atom is 0.306 e. The van der Waals surface area contributed by atoms with E-state index in [2.05, 4.69) is 5.32 Å². The summed E-state index contributed by atoms with van der Waals surface area (Å²) in [7, 11) is 0. The van der Waals surface area contributed by atoms with Crippen LogP contribution in [0.3, 0.4) is 0 Å². The van der Waals surface area contributed by atoms with E-state index in [-0.39, 0.29) is 23.1 Å². The average Bonchev–Trinajstić information content (AvgIpc) is 3.11. The number of benzene rings is 1. The van der Waals surface area contributed by atoms with Crippen molar-refractivity contribution in [3.63, 3.8) is 0 Å². The fourth-order valence-electron chi connectivity index (χ4n) is 4.46. The Hall–Kier alpha value is -1.91. The summed E-state index contributed by atoms with van der Waals surface area (Å²) in [6, 6.07) is 6.73. The molecule has 2 fully saturated rings. The molecule has 2 atom stereocenters. The highest BCUT2D eigenvalue weighted by atomic mass is 19.1. The Kier molecular flexibility index (Phi) is 5.40. The number of carbonyl (C=O) groups excluding carboxylic acids is 1. The van der Waals surface area contributed by atoms with Crippen LogP contribution >= 0.6 is 0 Å². The van der Waals surface area contributed by atoms with Crippen molar-refractivity contribution in [3.05, 3.63) is 35.6 Å². The van der Waals surface area contributed by atoms with Crippen LogP contribution in [0.1, 0.15) is 56.9 Å². The second kappa shape index (κ2) is 7.54. The highest BCUT2D eigenvalue weighted by Gasteiger charge is 2.37. The van der Waals surface area contributed by atoms with Gasteiger partial charge in [-0.15, -0.1) is 0 Å². The summed E-state index contributed by atoms with van der Waals surface area (Å²) in [5.41, 5.74) is 0.753. The molecule has 1 aromatic rings. The Labute approximate surface area is 147 Å². The lowest BCUT2D eigenvalue weighted by atomic mass is 9.69. The van der Waals surface area contributed by atoms with Crippen molar-refractivity contribution in [2.24, 2.45) is 11.8 Å². The molecule has 0 radical (unpaired) electrons. The first-order valence-electron chi connectivity index (χ1n) is 9.27. The number of nitrogens with one attached hydrogen (secondary N) is 1. The molecule has 2 saturated carbocycles. The van der Waals surface area contributed by atoms with Crippen LogP contribution in [-0.4, -0.2) is 23.5 Å². The van der Waals surface area contributed by atoms with E-state index in [1.165, 1.54) is 12.5 Å². The highest BCUT2D eigenvalue weighted by Crippen LogP contribution is 2.39. The van der Waals surface area contributed by atoms with Crippen LogP contribution in [0.2, 0.25) is 0 Å². The van der Waals surface area contributed by atoms with E-state index in [0.717, 1.165) is 31.2 Å². The zero-order valence-electron chi connectivity index (χ0n) is 14.5. The number of carboxylic acids is 1. The van der Waals surface area contributed by atoms with Gasteiger partial charge in [-0.25, -0.2) is 4.39 Å². The van der Waals surface area contributed by atoms with Crippen LogP contribution in [0, 0.1) is 17.7 Å². The van der Waals surface area contributed by atoms with E-state index < -0.39 is 11.9 Å². The Bertz CT molecular complexity index is 640. The maximum absolute atomic E-state index is 13.7. The second-order valence-electron chi connectivity index (χ2n) is 7.61. The van der Waals surface area contributed by atoms with E-state index in [9.17, 15) is 14.0 Å². The molecular formula is C20H26FNO3. The van der Waals surface area contributed by atoms with Crippen molar-refractivity contribution < 1.29 is 19.1 Å². The predicted octanol–water partition coefficient (Wildman–Crippen LogP) is 3.64. The third-order valence-electron chi connectivity index (χ3n) is 6.00. The second-order valence-corrected chi connectivity index (χ2v) is 7.61. The van der Waals surface area contributed by atoms with Gasteiger partial charge in [0.05, 0.1) is 5.92 Å². The van der Waals surface area contributed by atoms with Gasteiger partial charge >= 0.3 is 5.97 Å². The van der Waals surface area contributed by atoms with E-state index in [1.54, 1.807) is 12.1 Å². The first kappa shape index (κ1) is 17.9. The van der Waals surface area contributed by atoms with E-state index in [0.29, 0.717) is 25.8 Å². The van der Waals surface area contributed by atoms with Crippen LogP contribution < -0.4 is 5.32 Å². The molecule has 1 amide bonds. The summed E-state index contributed by atoms with van der Waals surface area (Å²) in [6.45, 7) is 0.503. The molecule has 0 unspecified atom stereocenters. The number of aliphatic carboxylic acids is 1. The molecule has 0 spiro atoms. The number of carboxylic acid groups (broad SMARTS) is 1. The van der Waals surface area contributed by atoms with E-state index in [4.69, 9.17) is 5.11 Å². The van der Waals surface area contributed by atoms with Crippen molar-refractivity contribution in [2.75, 3.05) is 6.54 Å². The van der Waals surface area contributed by atoms with Gasteiger partial charge in [0.2, 0.25) is 5.91 Å². The summed E-state index contributed by atoms with van der Waals surface area (Å²) in [5, 5.41) is 12.2. The Balaban J connectivity index is 1.67. The van der Waals surface area contributed by atoms with Gasteiger partial charge < -0.3 is 10.4 Å². The zero-order chi connectivity index (χ0) is 17.9. The Morgan fingerprint density at radius 1 is 1.16 bits per heavy atom. The molecule has 136 valence electrons. The molecule has 2 N–H and O–H groups in total. The number of hydrogen-bond acceptors (Lipinski definition) is 2. The van der Waals surface area contributed by atoms with Crippen molar-refractivity contribution >= 4 is 11.9 Å². The summed E-state index contributed by atoms with van der Waals surface area (Å²) < 4.78 is 13.7. The predicted molar refractivity (Wildman–Crippen MR) is 92.6 cm³/mol. The van der Waals surface area contributed by atoms with Gasteiger partial charge in [0.1, 0.15) is 5.82 Å². The molecule has 0 aliphatic heterocycles. The topological polar surface area (TPSA) is 66.4 Å². The largest absolute Gasteiger partial charge is 0.481 e. The lowest BCUT2D eigenvalue weighted by Gasteiger charge is -2.38. The monoisotopic (exact) mass is 347 g/mol. The Morgan fingerprint density at radius 3 is 2.52 bits per heavy atom. The van der Waals surface area contributed by atoms with Crippen molar-refractivity contribution in [3.8, 4) is 0 Å². The van der Waals surface area contributed by atoms with Gasteiger partial charge in [0.25, 0.3) is 0 Å². The minimum atomic E-state index is -0.807. The lowest BCUT2D eigenvalue weighted by Crippen LogP contribution is -2.43. The minimum Gasteiger partial charge on any atom is -0.481 e. The minimum absolute atomic E-state index is 0.0508. The van der Waals surface area contributed by atoms with Gasteiger partial charge in [-0.3, -0.25) is 9.59 Å². The molecule has 1 aromatic carbocycles. The van der Waals surface area contributed by atoms with Gasteiger partial charge in [-0.2, -0.15) is 0 Å². The summed E-state index contributed by atoms with van der Waals surface area (Å²) in [4.78, 5) is 23.6. The highest BCUT2D eigenvalue weighted by molar-refractivity contribution is 5.81. The Morgan fingerprint density at radius 2 is 1.88 bits per heavy atom. The SMILES string of the molecule is O=C(O)[C@@H]1CC[C@H](C(=O)NCC2(c3cccc(F)c3)CCCCC2)C1.